The molecule has 1 aromatic carbocycles. The van der Waals surface area contributed by atoms with Gasteiger partial charge in [0.1, 0.15) is 0 Å². The van der Waals surface area contributed by atoms with Crippen molar-refractivity contribution < 1.29 is 13.2 Å². The van der Waals surface area contributed by atoms with E-state index in [1.165, 1.54) is 11.1 Å². The molecule has 1 N–H and O–H groups in total. The van der Waals surface area contributed by atoms with E-state index in [0.717, 1.165) is 25.8 Å². The molecule has 1 aromatic rings. The Labute approximate surface area is 119 Å². The standard InChI is InChI=1S/C16H24F3N/c1-3-11-20-15(9-10-16(17,18)19)8-7-14-6-4-5-13(2)12-14/h4-6,12,15,20H,3,7-11H2,1-2H3. The Bertz CT molecular complexity index is 388. The van der Waals surface area contributed by atoms with Crippen molar-refractivity contribution in [3.63, 3.8) is 0 Å². The van der Waals surface area contributed by atoms with Crippen LogP contribution in [0.4, 0.5) is 13.2 Å². The van der Waals surface area contributed by atoms with E-state index in [1.54, 1.807) is 0 Å². The number of hydrogen-bond donors (Lipinski definition) is 1. The van der Waals surface area contributed by atoms with E-state index in [4.69, 9.17) is 0 Å². The lowest BCUT2D eigenvalue weighted by molar-refractivity contribution is -0.136. The van der Waals surface area contributed by atoms with Gasteiger partial charge in [0.05, 0.1) is 0 Å². The van der Waals surface area contributed by atoms with Gasteiger partial charge >= 0.3 is 6.18 Å². The van der Waals surface area contributed by atoms with Crippen LogP contribution in [0.3, 0.4) is 0 Å². The lowest BCUT2D eigenvalue weighted by Crippen LogP contribution is -2.31. The Morgan fingerprint density at radius 3 is 2.55 bits per heavy atom. The highest BCUT2D eigenvalue weighted by molar-refractivity contribution is 5.22. The van der Waals surface area contributed by atoms with Gasteiger partial charge in [0.15, 0.2) is 0 Å². The summed E-state index contributed by atoms with van der Waals surface area (Å²) in [7, 11) is 0. The zero-order valence-corrected chi connectivity index (χ0v) is 12.3. The van der Waals surface area contributed by atoms with Crippen LogP contribution in [-0.2, 0) is 6.42 Å². The van der Waals surface area contributed by atoms with Gasteiger partial charge in [-0.15, -0.1) is 0 Å². The highest BCUT2D eigenvalue weighted by Gasteiger charge is 2.28. The average molecular weight is 287 g/mol. The van der Waals surface area contributed by atoms with Crippen LogP contribution >= 0.6 is 0 Å². The monoisotopic (exact) mass is 287 g/mol. The summed E-state index contributed by atoms with van der Waals surface area (Å²) in [4.78, 5) is 0. The third-order valence-corrected chi connectivity index (χ3v) is 3.32. The number of benzene rings is 1. The lowest BCUT2D eigenvalue weighted by Gasteiger charge is -2.19. The first-order valence-corrected chi connectivity index (χ1v) is 7.26. The van der Waals surface area contributed by atoms with Crippen LogP contribution in [0, 0.1) is 6.92 Å². The maximum Gasteiger partial charge on any atom is 0.389 e. The van der Waals surface area contributed by atoms with E-state index in [0.29, 0.717) is 0 Å². The number of rotatable bonds is 8. The van der Waals surface area contributed by atoms with Crippen molar-refractivity contribution in [2.45, 2.75) is 58.2 Å². The highest BCUT2D eigenvalue weighted by Crippen LogP contribution is 2.23. The number of halogens is 3. The lowest BCUT2D eigenvalue weighted by atomic mass is 10.0. The number of alkyl halides is 3. The van der Waals surface area contributed by atoms with Crippen LogP contribution in [0.5, 0.6) is 0 Å². The van der Waals surface area contributed by atoms with Gasteiger partial charge < -0.3 is 5.32 Å². The molecule has 0 aliphatic heterocycles. The molecule has 20 heavy (non-hydrogen) atoms. The van der Waals surface area contributed by atoms with Crippen molar-refractivity contribution in [3.05, 3.63) is 35.4 Å². The molecule has 0 aromatic heterocycles. The quantitative estimate of drug-likeness (QED) is 0.734. The van der Waals surface area contributed by atoms with Gasteiger partial charge in [-0.2, -0.15) is 13.2 Å². The summed E-state index contributed by atoms with van der Waals surface area (Å²) in [6.45, 7) is 4.82. The third-order valence-electron chi connectivity index (χ3n) is 3.32. The highest BCUT2D eigenvalue weighted by atomic mass is 19.4. The molecule has 114 valence electrons. The number of hydrogen-bond acceptors (Lipinski definition) is 1. The first kappa shape index (κ1) is 17.0. The first-order chi connectivity index (χ1) is 9.40. The molecule has 1 nitrogen and oxygen atoms in total. The van der Waals surface area contributed by atoms with E-state index in [-0.39, 0.29) is 12.5 Å². The molecule has 0 saturated carbocycles. The minimum Gasteiger partial charge on any atom is -0.314 e. The van der Waals surface area contributed by atoms with Crippen molar-refractivity contribution in [2.24, 2.45) is 0 Å². The molecule has 0 bridgehead atoms. The molecule has 0 amide bonds. The summed E-state index contributed by atoms with van der Waals surface area (Å²) in [6, 6.07) is 8.10. The molecule has 0 heterocycles. The van der Waals surface area contributed by atoms with E-state index in [9.17, 15) is 13.2 Å². The molecule has 0 fully saturated rings. The zero-order valence-electron chi connectivity index (χ0n) is 12.3. The fourth-order valence-corrected chi connectivity index (χ4v) is 2.24. The number of nitrogens with one attached hydrogen (secondary N) is 1. The van der Waals surface area contributed by atoms with Crippen LogP contribution in [0.1, 0.15) is 43.7 Å². The molecule has 0 aliphatic carbocycles. The predicted molar refractivity (Wildman–Crippen MR) is 76.9 cm³/mol. The van der Waals surface area contributed by atoms with Crippen molar-refractivity contribution in [2.75, 3.05) is 6.54 Å². The molecule has 0 aliphatic rings. The van der Waals surface area contributed by atoms with E-state index < -0.39 is 12.6 Å². The Morgan fingerprint density at radius 1 is 1.20 bits per heavy atom. The molecule has 1 unspecified atom stereocenters. The summed E-state index contributed by atoms with van der Waals surface area (Å²) in [5.41, 5.74) is 2.39. The summed E-state index contributed by atoms with van der Waals surface area (Å²) in [6.07, 6.45) is -2.10. The minimum absolute atomic E-state index is 0.0583. The fourth-order valence-electron chi connectivity index (χ4n) is 2.24. The molecule has 0 spiro atoms. The largest absolute Gasteiger partial charge is 0.389 e. The minimum atomic E-state index is -4.06. The number of aryl methyl sites for hydroxylation is 2. The van der Waals surface area contributed by atoms with E-state index in [1.807, 2.05) is 32.0 Å². The second kappa shape index (κ2) is 8.30. The molecule has 0 saturated heterocycles. The second-order valence-corrected chi connectivity index (χ2v) is 5.33. The van der Waals surface area contributed by atoms with Crippen LogP contribution in [0.25, 0.3) is 0 Å². The van der Waals surface area contributed by atoms with Crippen molar-refractivity contribution in [1.29, 1.82) is 0 Å². The topological polar surface area (TPSA) is 12.0 Å². The van der Waals surface area contributed by atoms with Crippen LogP contribution in [-0.4, -0.2) is 18.8 Å². The van der Waals surface area contributed by atoms with Crippen molar-refractivity contribution in [3.8, 4) is 0 Å². The Morgan fingerprint density at radius 2 is 1.95 bits per heavy atom. The fraction of sp³-hybridized carbons (Fsp3) is 0.625. The first-order valence-electron chi connectivity index (χ1n) is 7.26. The van der Waals surface area contributed by atoms with E-state index in [2.05, 4.69) is 11.4 Å². The van der Waals surface area contributed by atoms with Crippen molar-refractivity contribution >= 4 is 0 Å². The van der Waals surface area contributed by atoms with Gasteiger partial charge in [0.2, 0.25) is 0 Å². The predicted octanol–water partition coefficient (Wildman–Crippen LogP) is 4.64. The maximum absolute atomic E-state index is 12.3. The van der Waals surface area contributed by atoms with Gasteiger partial charge in [0, 0.05) is 12.5 Å². The van der Waals surface area contributed by atoms with Gasteiger partial charge in [-0.05, 0) is 44.7 Å². The zero-order chi connectivity index (χ0) is 15.0. The Balaban J connectivity index is 2.47. The normalized spacial score (nSPS) is 13.4. The van der Waals surface area contributed by atoms with Gasteiger partial charge in [-0.25, -0.2) is 0 Å². The Kier molecular flexibility index (Phi) is 7.06. The van der Waals surface area contributed by atoms with Crippen LogP contribution < -0.4 is 5.32 Å². The summed E-state index contributed by atoms with van der Waals surface area (Å²) >= 11 is 0. The summed E-state index contributed by atoms with van der Waals surface area (Å²) < 4.78 is 37.0. The molecule has 1 atom stereocenters. The molecular formula is C16H24F3N. The average Bonchev–Trinajstić information content (AvgIpc) is 2.37. The van der Waals surface area contributed by atoms with Gasteiger partial charge in [0.25, 0.3) is 0 Å². The van der Waals surface area contributed by atoms with Crippen LogP contribution in [0.15, 0.2) is 24.3 Å². The summed E-state index contributed by atoms with van der Waals surface area (Å²) in [5, 5.41) is 3.23. The molecule has 1 rings (SSSR count). The van der Waals surface area contributed by atoms with Gasteiger partial charge in [-0.3, -0.25) is 0 Å². The molecular weight excluding hydrogens is 263 g/mol. The molecule has 0 radical (unpaired) electrons. The second-order valence-electron chi connectivity index (χ2n) is 5.33. The smallest absolute Gasteiger partial charge is 0.314 e. The van der Waals surface area contributed by atoms with Crippen LogP contribution in [0.2, 0.25) is 0 Å². The maximum atomic E-state index is 12.3. The Hall–Kier alpha value is -1.03. The summed E-state index contributed by atoms with van der Waals surface area (Å²) in [5.74, 6) is 0. The third kappa shape index (κ3) is 7.53. The van der Waals surface area contributed by atoms with E-state index >= 15 is 0 Å². The SMILES string of the molecule is CCCNC(CCc1cccc(C)c1)CCC(F)(F)F. The van der Waals surface area contributed by atoms with Gasteiger partial charge in [-0.1, -0.05) is 36.8 Å². The van der Waals surface area contributed by atoms with Crippen molar-refractivity contribution in [1.82, 2.24) is 5.32 Å². The molecule has 4 heteroatoms.